The lowest BCUT2D eigenvalue weighted by Gasteiger charge is -2.05. The predicted octanol–water partition coefficient (Wildman–Crippen LogP) is 3.50. The van der Waals surface area contributed by atoms with Gasteiger partial charge in [-0.05, 0) is 55.3 Å². The number of carbonyl (C=O) groups is 1. The molecule has 0 bridgehead atoms. The summed E-state index contributed by atoms with van der Waals surface area (Å²) >= 11 is 0. The Hall–Kier alpha value is -2.69. The van der Waals surface area contributed by atoms with Crippen molar-refractivity contribution in [3.8, 4) is 0 Å². The maximum Gasteiger partial charge on any atom is 0.230 e. The average molecular weight is 297 g/mol. The van der Waals surface area contributed by atoms with Gasteiger partial charge in [-0.25, -0.2) is 9.37 Å². The monoisotopic (exact) mass is 297 g/mol. The number of rotatable bonds is 3. The lowest BCUT2D eigenvalue weighted by Crippen LogP contribution is -2.15. The molecule has 0 unspecified atom stereocenters. The van der Waals surface area contributed by atoms with Crippen LogP contribution in [0.4, 0.5) is 10.2 Å². The summed E-state index contributed by atoms with van der Waals surface area (Å²) in [5.74, 6) is 0.0357. The molecule has 2 N–H and O–H groups in total. The third kappa shape index (κ3) is 2.83. The van der Waals surface area contributed by atoms with E-state index in [1.165, 1.54) is 12.1 Å². The normalized spacial score (nSPS) is 10.9. The zero-order valence-electron chi connectivity index (χ0n) is 12.4. The lowest BCUT2D eigenvalue weighted by atomic mass is 10.1. The second-order valence-electron chi connectivity index (χ2n) is 5.36. The Morgan fingerprint density at radius 3 is 2.86 bits per heavy atom. The second kappa shape index (κ2) is 5.60. The van der Waals surface area contributed by atoms with Crippen LogP contribution in [0.1, 0.15) is 16.8 Å². The van der Waals surface area contributed by atoms with Crippen molar-refractivity contribution >= 4 is 22.6 Å². The van der Waals surface area contributed by atoms with Gasteiger partial charge in [0.25, 0.3) is 0 Å². The van der Waals surface area contributed by atoms with Gasteiger partial charge in [-0.15, -0.1) is 0 Å². The van der Waals surface area contributed by atoms with E-state index in [4.69, 9.17) is 0 Å². The summed E-state index contributed by atoms with van der Waals surface area (Å²) in [5.41, 5.74) is 3.53. The minimum absolute atomic E-state index is 0.172. The van der Waals surface area contributed by atoms with Crippen LogP contribution in [0.3, 0.4) is 0 Å². The molecule has 0 fully saturated rings. The van der Waals surface area contributed by atoms with Gasteiger partial charge in [-0.3, -0.25) is 4.79 Å². The van der Waals surface area contributed by atoms with Gasteiger partial charge in [0.2, 0.25) is 5.91 Å². The van der Waals surface area contributed by atoms with E-state index < -0.39 is 0 Å². The number of H-pyrrole nitrogens is 1. The van der Waals surface area contributed by atoms with Gasteiger partial charge in [-0.2, -0.15) is 0 Å². The minimum Gasteiger partial charge on any atom is -0.358 e. The number of nitrogens with zero attached hydrogens (tertiary/aromatic N) is 1. The number of amides is 1. The Bertz CT molecular complexity index is 854. The fourth-order valence-electron chi connectivity index (χ4n) is 2.53. The molecule has 0 aliphatic rings. The summed E-state index contributed by atoms with van der Waals surface area (Å²) < 4.78 is 13.4. The first kappa shape index (κ1) is 14.3. The van der Waals surface area contributed by atoms with Crippen molar-refractivity contribution in [2.75, 3.05) is 5.32 Å². The van der Waals surface area contributed by atoms with Crippen LogP contribution in [-0.2, 0) is 11.2 Å². The molecular weight excluding hydrogens is 281 g/mol. The van der Waals surface area contributed by atoms with Crippen LogP contribution in [0.5, 0.6) is 0 Å². The fourth-order valence-corrected chi connectivity index (χ4v) is 2.53. The largest absolute Gasteiger partial charge is 0.358 e. The van der Waals surface area contributed by atoms with Crippen molar-refractivity contribution in [1.82, 2.24) is 9.97 Å². The van der Waals surface area contributed by atoms with Gasteiger partial charge in [0.1, 0.15) is 11.6 Å². The molecule has 0 aliphatic carbocycles. The van der Waals surface area contributed by atoms with Crippen LogP contribution in [0, 0.1) is 19.7 Å². The van der Waals surface area contributed by atoms with Gasteiger partial charge in [0.05, 0.1) is 6.42 Å². The number of hydrogen-bond acceptors (Lipinski definition) is 2. The summed E-state index contributed by atoms with van der Waals surface area (Å²) in [4.78, 5) is 19.5. The molecule has 0 atom stereocenters. The van der Waals surface area contributed by atoms with Gasteiger partial charge >= 0.3 is 0 Å². The first-order valence-electron chi connectivity index (χ1n) is 7.02. The van der Waals surface area contributed by atoms with Crippen LogP contribution >= 0.6 is 0 Å². The molecule has 1 amide bonds. The number of halogens is 1. The Kier molecular flexibility index (Phi) is 3.63. The highest BCUT2D eigenvalue weighted by Gasteiger charge is 2.13. The zero-order valence-corrected chi connectivity index (χ0v) is 12.4. The van der Waals surface area contributed by atoms with Crippen molar-refractivity contribution in [1.29, 1.82) is 0 Å². The van der Waals surface area contributed by atoms with Crippen molar-refractivity contribution in [3.05, 3.63) is 59.2 Å². The SMILES string of the molecule is Cc1ccnc(NC(=O)Cc2c(C)[nH]c3ccc(F)cc23)c1. The summed E-state index contributed by atoms with van der Waals surface area (Å²) in [6, 6.07) is 8.20. The Morgan fingerprint density at radius 2 is 2.09 bits per heavy atom. The molecule has 0 aliphatic heterocycles. The van der Waals surface area contributed by atoms with Crippen LogP contribution in [0.2, 0.25) is 0 Å². The van der Waals surface area contributed by atoms with E-state index in [1.807, 2.05) is 19.9 Å². The number of pyridine rings is 1. The first-order chi connectivity index (χ1) is 10.5. The molecule has 3 aromatic rings. The maximum absolute atomic E-state index is 13.4. The number of nitrogens with one attached hydrogen (secondary N) is 2. The minimum atomic E-state index is -0.312. The molecule has 2 aromatic heterocycles. The number of carbonyl (C=O) groups excluding carboxylic acids is 1. The van der Waals surface area contributed by atoms with E-state index in [0.717, 1.165) is 27.7 Å². The fraction of sp³-hybridized carbons (Fsp3) is 0.176. The number of aryl methyl sites for hydroxylation is 2. The van der Waals surface area contributed by atoms with E-state index in [9.17, 15) is 9.18 Å². The molecule has 0 spiro atoms. The average Bonchev–Trinajstić information content (AvgIpc) is 2.75. The van der Waals surface area contributed by atoms with E-state index in [1.54, 1.807) is 18.3 Å². The van der Waals surface area contributed by atoms with Crippen LogP contribution < -0.4 is 5.32 Å². The Morgan fingerprint density at radius 1 is 1.27 bits per heavy atom. The van der Waals surface area contributed by atoms with Crippen molar-refractivity contribution < 1.29 is 9.18 Å². The molecule has 3 rings (SSSR count). The zero-order chi connectivity index (χ0) is 15.7. The molecule has 2 heterocycles. The highest BCUT2D eigenvalue weighted by Crippen LogP contribution is 2.23. The molecule has 22 heavy (non-hydrogen) atoms. The second-order valence-corrected chi connectivity index (χ2v) is 5.36. The number of hydrogen-bond donors (Lipinski definition) is 2. The van der Waals surface area contributed by atoms with E-state index in [-0.39, 0.29) is 18.1 Å². The third-order valence-corrected chi connectivity index (χ3v) is 3.60. The van der Waals surface area contributed by atoms with Crippen LogP contribution in [0.15, 0.2) is 36.5 Å². The standard InChI is InChI=1S/C17H16FN3O/c1-10-5-6-19-16(7-10)21-17(22)9-13-11(2)20-15-4-3-12(18)8-14(13)15/h3-8,20H,9H2,1-2H3,(H,19,21,22). The van der Waals surface area contributed by atoms with Crippen LogP contribution in [-0.4, -0.2) is 15.9 Å². The van der Waals surface area contributed by atoms with E-state index in [0.29, 0.717) is 5.82 Å². The summed E-state index contributed by atoms with van der Waals surface area (Å²) in [6.45, 7) is 3.81. The topological polar surface area (TPSA) is 57.8 Å². The maximum atomic E-state index is 13.4. The van der Waals surface area contributed by atoms with Gasteiger partial charge in [0.15, 0.2) is 0 Å². The first-order valence-corrected chi connectivity index (χ1v) is 7.02. The quantitative estimate of drug-likeness (QED) is 0.777. The molecule has 1 aromatic carbocycles. The number of anilines is 1. The highest BCUT2D eigenvalue weighted by molar-refractivity contribution is 5.95. The van der Waals surface area contributed by atoms with Crippen LogP contribution in [0.25, 0.3) is 10.9 Å². The van der Waals surface area contributed by atoms with Gasteiger partial charge in [-0.1, -0.05) is 0 Å². The summed E-state index contributed by atoms with van der Waals surface area (Å²) in [6.07, 6.45) is 1.82. The summed E-state index contributed by atoms with van der Waals surface area (Å²) in [5, 5.41) is 3.51. The molecule has 0 saturated carbocycles. The molecule has 0 saturated heterocycles. The van der Waals surface area contributed by atoms with E-state index in [2.05, 4.69) is 15.3 Å². The molecule has 112 valence electrons. The number of aromatic nitrogens is 2. The van der Waals surface area contributed by atoms with Crippen molar-refractivity contribution in [3.63, 3.8) is 0 Å². The molecule has 5 heteroatoms. The predicted molar refractivity (Wildman–Crippen MR) is 84.3 cm³/mol. The Balaban J connectivity index is 1.85. The Labute approximate surface area is 127 Å². The highest BCUT2D eigenvalue weighted by atomic mass is 19.1. The third-order valence-electron chi connectivity index (χ3n) is 3.60. The molecule has 0 radical (unpaired) electrons. The number of aromatic amines is 1. The number of benzene rings is 1. The molecule has 4 nitrogen and oxygen atoms in total. The number of fused-ring (bicyclic) bond motifs is 1. The smallest absolute Gasteiger partial charge is 0.230 e. The van der Waals surface area contributed by atoms with E-state index >= 15 is 0 Å². The van der Waals surface area contributed by atoms with Crippen molar-refractivity contribution in [2.45, 2.75) is 20.3 Å². The van der Waals surface area contributed by atoms with Gasteiger partial charge < -0.3 is 10.3 Å². The van der Waals surface area contributed by atoms with Gasteiger partial charge in [0, 0.05) is 22.8 Å². The summed E-state index contributed by atoms with van der Waals surface area (Å²) in [7, 11) is 0. The lowest BCUT2D eigenvalue weighted by molar-refractivity contribution is -0.115. The molecular formula is C17H16FN3O. The van der Waals surface area contributed by atoms with Crippen molar-refractivity contribution in [2.24, 2.45) is 0 Å².